The van der Waals surface area contributed by atoms with Crippen LogP contribution in [0.25, 0.3) is 0 Å². The van der Waals surface area contributed by atoms with Gasteiger partial charge in [-0.1, -0.05) is 47.6 Å². The molecule has 1 aromatic rings. The number of carboxylic acids is 1. The van der Waals surface area contributed by atoms with Crippen LogP contribution in [-0.2, 0) is 37.3 Å². The number of aromatic hydroxyl groups is 1. The Morgan fingerprint density at radius 2 is 1.52 bits per heavy atom. The number of phenols is 1. The van der Waals surface area contributed by atoms with Crippen molar-refractivity contribution in [1.29, 1.82) is 0 Å². The van der Waals surface area contributed by atoms with E-state index in [2.05, 4.69) is 0 Å². The Morgan fingerprint density at radius 1 is 1.10 bits per heavy atom. The summed E-state index contributed by atoms with van der Waals surface area (Å²) in [6.45, 7) is 11.8. The SMILES string of the molecule is CC(C)(C)c1cc(C(=O)[O-])c(O)c(C(C)(C)C)c1.[O]=[Zr+][OH]. The van der Waals surface area contributed by atoms with Gasteiger partial charge in [0.15, 0.2) is 0 Å². The molecule has 116 valence electrons. The van der Waals surface area contributed by atoms with Crippen LogP contribution in [0.5, 0.6) is 5.75 Å². The minimum absolute atomic E-state index is 0.132. The summed E-state index contributed by atoms with van der Waals surface area (Å²) in [4.78, 5) is 11.1. The summed E-state index contributed by atoms with van der Waals surface area (Å²) in [5, 5.41) is 21.2. The zero-order valence-electron chi connectivity index (χ0n) is 13.3. The molecule has 0 saturated carbocycles. The third-order valence-electron chi connectivity index (χ3n) is 3.00. The molecule has 0 aliphatic rings. The van der Waals surface area contributed by atoms with Gasteiger partial charge in [-0.3, -0.25) is 0 Å². The first kappa shape index (κ1) is 20.1. The molecular formula is C15H22O5Zr. The van der Waals surface area contributed by atoms with E-state index in [0.717, 1.165) is 5.56 Å². The van der Waals surface area contributed by atoms with Crippen molar-refractivity contribution in [3.8, 4) is 5.75 Å². The summed E-state index contributed by atoms with van der Waals surface area (Å²) in [6, 6.07) is 3.38. The molecule has 0 radical (unpaired) electrons. The average molecular weight is 374 g/mol. The summed E-state index contributed by atoms with van der Waals surface area (Å²) in [5.74, 6) is -1.53. The van der Waals surface area contributed by atoms with E-state index in [0.29, 0.717) is 5.56 Å². The normalized spacial score (nSPS) is 11.2. The molecule has 0 aromatic heterocycles. The number of aromatic carboxylic acids is 1. The van der Waals surface area contributed by atoms with Crippen LogP contribution in [0.1, 0.15) is 63.0 Å². The number of carboxylic acid groups (broad SMARTS) is 1. The van der Waals surface area contributed by atoms with Crippen LogP contribution in [0.3, 0.4) is 0 Å². The van der Waals surface area contributed by atoms with Crippen molar-refractivity contribution < 1.29 is 44.7 Å². The Hall–Kier alpha value is -0.867. The Kier molecular flexibility index (Phi) is 7.11. The summed E-state index contributed by atoms with van der Waals surface area (Å²) < 4.78 is 15.8. The van der Waals surface area contributed by atoms with Gasteiger partial charge in [0.1, 0.15) is 5.75 Å². The molecule has 0 heterocycles. The second kappa shape index (κ2) is 7.41. The van der Waals surface area contributed by atoms with E-state index < -0.39 is 29.6 Å². The minimum atomic E-state index is -2.02. The first-order valence-corrected chi connectivity index (χ1v) is 8.57. The first-order valence-electron chi connectivity index (χ1n) is 6.46. The molecule has 0 aliphatic heterocycles. The predicted octanol–water partition coefficient (Wildman–Crippen LogP) is 1.67. The molecule has 1 rings (SSSR count). The van der Waals surface area contributed by atoms with E-state index in [9.17, 15) is 15.0 Å². The molecule has 0 unspecified atom stereocenters. The van der Waals surface area contributed by atoms with Gasteiger partial charge < -0.3 is 15.0 Å². The van der Waals surface area contributed by atoms with Gasteiger partial charge in [0, 0.05) is 11.1 Å². The zero-order valence-corrected chi connectivity index (χ0v) is 15.7. The van der Waals surface area contributed by atoms with E-state index >= 15 is 0 Å². The molecule has 0 bridgehead atoms. The van der Waals surface area contributed by atoms with Crippen LogP contribution >= 0.6 is 0 Å². The maximum atomic E-state index is 11.1. The van der Waals surface area contributed by atoms with Crippen LogP contribution in [0, 0.1) is 0 Å². The molecule has 0 saturated heterocycles. The summed E-state index contributed by atoms with van der Waals surface area (Å²) in [6.07, 6.45) is 0. The Bertz CT molecular complexity index is 524. The van der Waals surface area contributed by atoms with Crippen molar-refractivity contribution in [3.63, 3.8) is 0 Å². The van der Waals surface area contributed by atoms with Crippen molar-refractivity contribution >= 4 is 5.97 Å². The van der Waals surface area contributed by atoms with Crippen LogP contribution in [-0.4, -0.2) is 14.3 Å². The fraction of sp³-hybridized carbons (Fsp3) is 0.533. The molecule has 21 heavy (non-hydrogen) atoms. The van der Waals surface area contributed by atoms with Gasteiger partial charge in [-0.2, -0.15) is 0 Å². The monoisotopic (exact) mass is 372 g/mol. The second-order valence-electron chi connectivity index (χ2n) is 6.80. The van der Waals surface area contributed by atoms with E-state index in [1.165, 1.54) is 6.07 Å². The van der Waals surface area contributed by atoms with Gasteiger partial charge in [-0.05, 0) is 22.5 Å². The zero-order chi connectivity index (χ0) is 17.0. The Labute approximate surface area is 137 Å². The second-order valence-corrected chi connectivity index (χ2v) is 7.25. The molecule has 2 N–H and O–H groups in total. The summed E-state index contributed by atoms with van der Waals surface area (Å²) >= 11 is -2.02. The molecule has 0 fully saturated rings. The summed E-state index contributed by atoms with van der Waals surface area (Å²) in [5.41, 5.74) is 0.874. The van der Waals surface area contributed by atoms with Gasteiger partial charge in [-0.25, -0.2) is 0 Å². The molecule has 0 spiro atoms. The molecule has 1 aromatic carbocycles. The van der Waals surface area contributed by atoms with Gasteiger partial charge in [0.2, 0.25) is 0 Å². The van der Waals surface area contributed by atoms with Crippen molar-refractivity contribution in [2.24, 2.45) is 0 Å². The van der Waals surface area contributed by atoms with Gasteiger partial charge in [-0.15, -0.1) is 0 Å². The van der Waals surface area contributed by atoms with Crippen LogP contribution < -0.4 is 5.11 Å². The number of hydrogen-bond acceptors (Lipinski definition) is 4. The Balaban J connectivity index is 0.00000122. The predicted molar refractivity (Wildman–Crippen MR) is 72.7 cm³/mol. The molecule has 5 nitrogen and oxygen atoms in total. The molecular weight excluding hydrogens is 351 g/mol. The quantitative estimate of drug-likeness (QED) is 0.780. The molecule has 0 amide bonds. The fourth-order valence-electron chi connectivity index (χ4n) is 1.79. The van der Waals surface area contributed by atoms with E-state index in [1.54, 1.807) is 0 Å². The van der Waals surface area contributed by atoms with Crippen LogP contribution in [0.4, 0.5) is 0 Å². The summed E-state index contributed by atoms with van der Waals surface area (Å²) in [7, 11) is 0. The first-order chi connectivity index (χ1) is 9.36. The van der Waals surface area contributed by atoms with Crippen molar-refractivity contribution in [2.45, 2.75) is 52.4 Å². The third-order valence-corrected chi connectivity index (χ3v) is 3.00. The third kappa shape index (κ3) is 5.79. The topological polar surface area (TPSA) is 97.7 Å². The fourth-order valence-corrected chi connectivity index (χ4v) is 1.79. The van der Waals surface area contributed by atoms with Gasteiger partial charge >= 0.3 is 29.7 Å². The van der Waals surface area contributed by atoms with Gasteiger partial charge in [0.05, 0.1) is 5.97 Å². The maximum absolute atomic E-state index is 11.1. The number of rotatable bonds is 1. The van der Waals surface area contributed by atoms with Crippen molar-refractivity contribution in [1.82, 2.24) is 0 Å². The van der Waals surface area contributed by atoms with Crippen molar-refractivity contribution in [2.75, 3.05) is 0 Å². The number of hydrogen-bond donors (Lipinski definition) is 2. The van der Waals surface area contributed by atoms with Crippen LogP contribution in [0.2, 0.25) is 0 Å². The van der Waals surface area contributed by atoms with Crippen molar-refractivity contribution in [3.05, 3.63) is 28.8 Å². The number of carbonyl (C=O) groups is 1. The van der Waals surface area contributed by atoms with E-state index in [4.69, 9.17) is 6.00 Å². The van der Waals surface area contributed by atoms with Crippen LogP contribution in [0.15, 0.2) is 12.1 Å². The van der Waals surface area contributed by atoms with E-state index in [-0.39, 0.29) is 22.1 Å². The van der Waals surface area contributed by atoms with Gasteiger partial charge in [0.25, 0.3) is 0 Å². The average Bonchev–Trinajstić information content (AvgIpc) is 2.26. The number of benzene rings is 1. The molecule has 0 aliphatic carbocycles. The Morgan fingerprint density at radius 3 is 1.81 bits per heavy atom. The number of carbonyl (C=O) groups excluding carboxylic acids is 1. The molecule has 0 atom stereocenters. The standard InChI is InChI=1S/C15H22O3.H2O.O.Zr/c1-14(2,3)9-7-10(13(17)18)12(16)11(8-9)15(4,5)6;;;/h7-8,16H,1-6H3,(H,17,18);1H2;;/q;;;+2/p-2. The molecule has 6 heteroatoms. The van der Waals surface area contributed by atoms with E-state index in [1.807, 2.05) is 47.6 Å².